The van der Waals surface area contributed by atoms with Gasteiger partial charge in [0.15, 0.2) is 6.19 Å². The monoisotopic (exact) mass is 277 g/mol. The minimum Gasteiger partial charge on any atom is -0.361 e. The lowest BCUT2D eigenvalue weighted by Gasteiger charge is -2.18. The van der Waals surface area contributed by atoms with Crippen LogP contribution >= 0.6 is 0 Å². The summed E-state index contributed by atoms with van der Waals surface area (Å²) in [5.41, 5.74) is -0.150. The first kappa shape index (κ1) is 15.5. The number of aromatic nitrogens is 2. The molecule has 0 radical (unpaired) electrons. The third-order valence-corrected chi connectivity index (χ3v) is 2.73. The van der Waals surface area contributed by atoms with Gasteiger partial charge in [-0.05, 0) is 12.5 Å². The molecule has 0 saturated heterocycles. The van der Waals surface area contributed by atoms with Gasteiger partial charge in [0.05, 0.1) is 0 Å². The van der Waals surface area contributed by atoms with E-state index < -0.39 is 0 Å². The fourth-order valence-corrected chi connectivity index (χ4v) is 1.55. The summed E-state index contributed by atoms with van der Waals surface area (Å²) in [6.45, 7) is 1.01. The third kappa shape index (κ3) is 4.28. The molecule has 1 rings (SSSR count). The predicted octanol–water partition coefficient (Wildman–Crippen LogP) is -0.363. The SMILES string of the molecule is CN(CCCn1nc(N(C)C)ccc1=O)C(=N)NC#N. The Morgan fingerprint density at radius 1 is 1.50 bits per heavy atom. The van der Waals surface area contributed by atoms with E-state index in [-0.39, 0.29) is 11.5 Å². The Hall–Kier alpha value is -2.56. The molecule has 2 N–H and O–H groups in total. The first-order valence-electron chi connectivity index (χ1n) is 6.16. The molecule has 20 heavy (non-hydrogen) atoms. The van der Waals surface area contributed by atoms with Gasteiger partial charge in [0.25, 0.3) is 5.56 Å². The molecule has 0 amide bonds. The Labute approximate surface area is 117 Å². The molecule has 0 bridgehead atoms. The molecule has 0 aliphatic rings. The quantitative estimate of drug-likeness (QED) is 0.330. The Balaban J connectivity index is 2.58. The summed E-state index contributed by atoms with van der Waals surface area (Å²) in [4.78, 5) is 15.1. The summed E-state index contributed by atoms with van der Waals surface area (Å²) in [7, 11) is 5.43. The molecule has 0 aliphatic heterocycles. The number of anilines is 1. The third-order valence-electron chi connectivity index (χ3n) is 2.73. The van der Waals surface area contributed by atoms with Gasteiger partial charge in [0.2, 0.25) is 5.96 Å². The van der Waals surface area contributed by atoms with Gasteiger partial charge in [-0.1, -0.05) is 0 Å². The lowest BCUT2D eigenvalue weighted by molar-refractivity contribution is 0.433. The van der Waals surface area contributed by atoms with Crippen LogP contribution in [0.4, 0.5) is 5.82 Å². The van der Waals surface area contributed by atoms with Gasteiger partial charge in [0.1, 0.15) is 5.82 Å². The zero-order chi connectivity index (χ0) is 15.1. The summed E-state index contributed by atoms with van der Waals surface area (Å²) >= 11 is 0. The van der Waals surface area contributed by atoms with Crippen LogP contribution in [0.5, 0.6) is 0 Å². The smallest absolute Gasteiger partial charge is 0.266 e. The van der Waals surface area contributed by atoms with Crippen molar-refractivity contribution in [3.05, 3.63) is 22.5 Å². The highest BCUT2D eigenvalue weighted by atomic mass is 16.1. The molecule has 0 spiro atoms. The van der Waals surface area contributed by atoms with E-state index in [2.05, 4.69) is 10.4 Å². The molecule has 0 unspecified atom stereocenters. The van der Waals surface area contributed by atoms with E-state index in [0.29, 0.717) is 19.5 Å². The van der Waals surface area contributed by atoms with Crippen LogP contribution in [0, 0.1) is 16.9 Å². The van der Waals surface area contributed by atoms with Gasteiger partial charge in [0, 0.05) is 40.3 Å². The molecule has 108 valence electrons. The van der Waals surface area contributed by atoms with Crippen LogP contribution in [0.25, 0.3) is 0 Å². The fraction of sp³-hybridized carbons (Fsp3) is 0.500. The van der Waals surface area contributed by atoms with E-state index in [1.165, 1.54) is 10.7 Å². The molecular formula is C12H19N7O. The largest absolute Gasteiger partial charge is 0.361 e. The van der Waals surface area contributed by atoms with E-state index in [9.17, 15) is 4.79 Å². The minimum absolute atomic E-state index is 0.0369. The molecular weight excluding hydrogens is 258 g/mol. The highest BCUT2D eigenvalue weighted by molar-refractivity contribution is 5.77. The van der Waals surface area contributed by atoms with E-state index >= 15 is 0 Å². The molecule has 8 nitrogen and oxygen atoms in total. The predicted molar refractivity (Wildman–Crippen MR) is 76.5 cm³/mol. The van der Waals surface area contributed by atoms with Crippen LogP contribution in [0.15, 0.2) is 16.9 Å². The molecule has 1 heterocycles. The second-order valence-corrected chi connectivity index (χ2v) is 4.51. The molecule has 0 atom stereocenters. The highest BCUT2D eigenvalue weighted by Crippen LogP contribution is 2.02. The lowest BCUT2D eigenvalue weighted by Crippen LogP contribution is -2.36. The van der Waals surface area contributed by atoms with Crippen molar-refractivity contribution in [1.82, 2.24) is 20.0 Å². The summed E-state index contributed by atoms with van der Waals surface area (Å²) in [6.07, 6.45) is 2.34. The van der Waals surface area contributed by atoms with E-state index in [0.717, 1.165) is 5.82 Å². The average Bonchev–Trinajstić information content (AvgIpc) is 2.40. The molecule has 0 fully saturated rings. The van der Waals surface area contributed by atoms with Crippen molar-refractivity contribution < 1.29 is 0 Å². The van der Waals surface area contributed by atoms with Crippen LogP contribution in [0.1, 0.15) is 6.42 Å². The number of hydrogen-bond acceptors (Lipinski definition) is 5. The fourth-order valence-electron chi connectivity index (χ4n) is 1.55. The molecule has 0 aromatic carbocycles. The van der Waals surface area contributed by atoms with Gasteiger partial charge in [-0.15, -0.1) is 0 Å². The average molecular weight is 277 g/mol. The second kappa shape index (κ2) is 7.13. The standard InChI is InChI=1S/C12H19N7O/c1-17(2)10-5-6-11(20)19(16-10)8-4-7-18(3)12(14)15-9-13/h5-6H,4,7-8H2,1-3H3,(H2,14,15). The Kier molecular flexibility index (Phi) is 5.53. The summed E-state index contributed by atoms with van der Waals surface area (Å²) < 4.78 is 1.41. The van der Waals surface area contributed by atoms with E-state index in [4.69, 9.17) is 10.7 Å². The Morgan fingerprint density at radius 2 is 2.20 bits per heavy atom. The zero-order valence-corrected chi connectivity index (χ0v) is 11.9. The van der Waals surface area contributed by atoms with Crippen LogP contribution in [0.3, 0.4) is 0 Å². The van der Waals surface area contributed by atoms with E-state index in [1.54, 1.807) is 24.2 Å². The molecule has 0 saturated carbocycles. The maximum atomic E-state index is 11.7. The van der Waals surface area contributed by atoms with Crippen LogP contribution in [0.2, 0.25) is 0 Å². The number of rotatable bonds is 5. The summed E-state index contributed by atoms with van der Waals surface area (Å²) in [5.74, 6) is 0.756. The van der Waals surface area contributed by atoms with Gasteiger partial charge < -0.3 is 9.80 Å². The Morgan fingerprint density at radius 3 is 2.80 bits per heavy atom. The minimum atomic E-state index is -0.150. The number of hydrogen-bond donors (Lipinski definition) is 2. The molecule has 8 heteroatoms. The first-order chi connectivity index (χ1) is 9.45. The van der Waals surface area contributed by atoms with E-state index in [1.807, 2.05) is 19.0 Å². The normalized spacial score (nSPS) is 9.70. The van der Waals surface area contributed by atoms with Crippen LogP contribution in [-0.2, 0) is 6.54 Å². The summed E-state index contributed by atoms with van der Waals surface area (Å²) in [6, 6.07) is 3.17. The van der Waals surface area contributed by atoms with Crippen LogP contribution in [-0.4, -0.2) is 48.3 Å². The number of guanidine groups is 1. The lowest BCUT2D eigenvalue weighted by atomic mass is 10.4. The topological polar surface area (TPSA) is 101 Å². The molecule has 0 aliphatic carbocycles. The van der Waals surface area contributed by atoms with Gasteiger partial charge in [-0.3, -0.25) is 15.5 Å². The summed E-state index contributed by atoms with van der Waals surface area (Å²) in [5, 5.41) is 22.4. The van der Waals surface area contributed by atoms with Crippen molar-refractivity contribution in [2.75, 3.05) is 32.6 Å². The van der Waals surface area contributed by atoms with Gasteiger partial charge in [-0.2, -0.15) is 10.4 Å². The van der Waals surface area contributed by atoms with Crippen molar-refractivity contribution in [2.45, 2.75) is 13.0 Å². The molecule has 1 aromatic rings. The number of nitrogens with one attached hydrogen (secondary N) is 2. The maximum absolute atomic E-state index is 11.7. The molecule has 1 aromatic heterocycles. The van der Waals surface area contributed by atoms with Crippen molar-refractivity contribution in [3.8, 4) is 6.19 Å². The van der Waals surface area contributed by atoms with Gasteiger partial charge in [-0.25, -0.2) is 4.68 Å². The Bertz CT molecular complexity index is 558. The van der Waals surface area contributed by atoms with Crippen molar-refractivity contribution in [2.24, 2.45) is 0 Å². The zero-order valence-electron chi connectivity index (χ0n) is 11.9. The second-order valence-electron chi connectivity index (χ2n) is 4.51. The number of nitriles is 1. The first-order valence-corrected chi connectivity index (χ1v) is 6.16. The number of nitrogens with zero attached hydrogens (tertiary/aromatic N) is 5. The van der Waals surface area contributed by atoms with Crippen molar-refractivity contribution in [3.63, 3.8) is 0 Å². The number of aryl methyl sites for hydroxylation is 1. The highest BCUT2D eigenvalue weighted by Gasteiger charge is 2.05. The van der Waals surface area contributed by atoms with Crippen LogP contribution < -0.4 is 15.8 Å². The van der Waals surface area contributed by atoms with Gasteiger partial charge >= 0.3 is 0 Å². The maximum Gasteiger partial charge on any atom is 0.266 e. The van der Waals surface area contributed by atoms with Crippen molar-refractivity contribution in [1.29, 1.82) is 10.7 Å². The van der Waals surface area contributed by atoms with Crippen molar-refractivity contribution >= 4 is 11.8 Å².